The molecule has 0 spiro atoms. The molecule has 6 heteroatoms. The van der Waals surface area contributed by atoms with Crippen LogP contribution in [0.2, 0.25) is 0 Å². The molecule has 6 nitrogen and oxygen atoms in total. The summed E-state index contributed by atoms with van der Waals surface area (Å²) in [6.45, 7) is 1.45. The smallest absolute Gasteiger partial charge is 0.243 e. The van der Waals surface area contributed by atoms with E-state index in [1.54, 1.807) is 0 Å². The monoisotopic (exact) mass is 231 g/mol. The number of rotatable bonds is 3. The van der Waals surface area contributed by atoms with Crippen molar-refractivity contribution in [1.29, 1.82) is 0 Å². The molecule has 0 amide bonds. The SMILES string of the molecule is Nc1nc(NCc2ccc3c(c2)CCO3)n[nH]1. The molecule has 2 heterocycles. The minimum Gasteiger partial charge on any atom is -0.493 e. The molecule has 0 unspecified atom stereocenters. The molecule has 1 aliphatic rings. The lowest BCUT2D eigenvalue weighted by Crippen LogP contribution is -2.01. The third-order valence-electron chi connectivity index (χ3n) is 2.71. The van der Waals surface area contributed by atoms with Crippen molar-refractivity contribution < 1.29 is 4.74 Å². The van der Waals surface area contributed by atoms with Gasteiger partial charge in [-0.2, -0.15) is 4.98 Å². The van der Waals surface area contributed by atoms with Crippen LogP contribution in [0.15, 0.2) is 18.2 Å². The molecule has 2 aromatic rings. The Labute approximate surface area is 98.2 Å². The van der Waals surface area contributed by atoms with E-state index in [1.807, 2.05) is 12.1 Å². The van der Waals surface area contributed by atoms with Gasteiger partial charge in [0.2, 0.25) is 11.9 Å². The van der Waals surface area contributed by atoms with Crippen LogP contribution in [0.25, 0.3) is 0 Å². The summed E-state index contributed by atoms with van der Waals surface area (Å²) in [7, 11) is 0. The summed E-state index contributed by atoms with van der Waals surface area (Å²) in [5, 5.41) is 9.59. The molecule has 0 saturated heterocycles. The Kier molecular flexibility index (Phi) is 2.32. The van der Waals surface area contributed by atoms with Gasteiger partial charge in [-0.1, -0.05) is 12.1 Å². The predicted molar refractivity (Wildman–Crippen MR) is 63.8 cm³/mol. The minimum atomic E-state index is 0.315. The Balaban J connectivity index is 1.69. The number of H-pyrrole nitrogens is 1. The molecule has 1 aliphatic heterocycles. The number of nitrogens with zero attached hydrogens (tertiary/aromatic N) is 2. The molecule has 0 radical (unpaired) electrons. The van der Waals surface area contributed by atoms with Crippen molar-refractivity contribution in [1.82, 2.24) is 15.2 Å². The molecule has 0 fully saturated rings. The van der Waals surface area contributed by atoms with E-state index in [0.717, 1.165) is 18.8 Å². The molecule has 4 N–H and O–H groups in total. The van der Waals surface area contributed by atoms with Crippen molar-refractivity contribution in [3.8, 4) is 5.75 Å². The van der Waals surface area contributed by atoms with Gasteiger partial charge in [0.25, 0.3) is 0 Å². The number of hydrogen-bond acceptors (Lipinski definition) is 5. The summed E-state index contributed by atoms with van der Waals surface area (Å²) in [4.78, 5) is 3.97. The lowest BCUT2D eigenvalue weighted by molar-refractivity contribution is 0.357. The van der Waals surface area contributed by atoms with Crippen LogP contribution in [0.1, 0.15) is 11.1 Å². The van der Waals surface area contributed by atoms with Crippen LogP contribution in [0.4, 0.5) is 11.9 Å². The summed E-state index contributed by atoms with van der Waals surface area (Å²) in [5.74, 6) is 1.82. The van der Waals surface area contributed by atoms with Gasteiger partial charge in [0, 0.05) is 13.0 Å². The molecule has 3 rings (SSSR count). The maximum absolute atomic E-state index is 5.45. The zero-order valence-electron chi connectivity index (χ0n) is 9.23. The molecule has 1 aromatic carbocycles. The summed E-state index contributed by atoms with van der Waals surface area (Å²) < 4.78 is 5.45. The third kappa shape index (κ3) is 2.01. The lowest BCUT2D eigenvalue weighted by atomic mass is 10.1. The number of ether oxygens (including phenoxy) is 1. The van der Waals surface area contributed by atoms with Crippen molar-refractivity contribution >= 4 is 11.9 Å². The van der Waals surface area contributed by atoms with E-state index in [1.165, 1.54) is 11.1 Å². The lowest BCUT2D eigenvalue weighted by Gasteiger charge is -2.04. The van der Waals surface area contributed by atoms with Crippen LogP contribution in [0, 0.1) is 0 Å². The second kappa shape index (κ2) is 3.97. The Bertz CT molecular complexity index is 536. The van der Waals surface area contributed by atoms with E-state index in [-0.39, 0.29) is 0 Å². The minimum absolute atomic E-state index is 0.315. The van der Waals surface area contributed by atoms with Gasteiger partial charge in [0.05, 0.1) is 6.61 Å². The van der Waals surface area contributed by atoms with Gasteiger partial charge in [0.15, 0.2) is 0 Å². The number of fused-ring (bicyclic) bond motifs is 1. The molecule has 0 saturated carbocycles. The first kappa shape index (κ1) is 9.95. The molecule has 0 atom stereocenters. The number of nitrogen functional groups attached to an aromatic ring is 1. The maximum Gasteiger partial charge on any atom is 0.243 e. The van der Waals surface area contributed by atoms with Crippen LogP contribution >= 0.6 is 0 Å². The topological polar surface area (TPSA) is 88.8 Å². The fourth-order valence-electron chi connectivity index (χ4n) is 1.88. The van der Waals surface area contributed by atoms with Gasteiger partial charge >= 0.3 is 0 Å². The average Bonchev–Trinajstić information content (AvgIpc) is 2.94. The number of nitrogens with one attached hydrogen (secondary N) is 2. The molecule has 1 aromatic heterocycles. The first-order valence-corrected chi connectivity index (χ1v) is 5.47. The molecule has 0 aliphatic carbocycles. The zero-order valence-corrected chi connectivity index (χ0v) is 9.23. The number of anilines is 2. The standard InChI is InChI=1S/C11H13N5O/c12-10-14-11(16-15-10)13-6-7-1-2-9-8(5-7)3-4-17-9/h1-2,5H,3-4,6H2,(H4,12,13,14,15,16). The molecular weight excluding hydrogens is 218 g/mol. The second-order valence-electron chi connectivity index (χ2n) is 3.94. The second-order valence-corrected chi connectivity index (χ2v) is 3.94. The number of aromatic amines is 1. The van der Waals surface area contributed by atoms with Crippen molar-refractivity contribution in [2.75, 3.05) is 17.7 Å². The number of aromatic nitrogens is 3. The van der Waals surface area contributed by atoms with E-state index in [4.69, 9.17) is 10.5 Å². The highest BCUT2D eigenvalue weighted by atomic mass is 16.5. The molecular formula is C11H13N5O. The highest BCUT2D eigenvalue weighted by Gasteiger charge is 2.11. The Hall–Kier alpha value is -2.24. The van der Waals surface area contributed by atoms with Gasteiger partial charge < -0.3 is 15.8 Å². The quantitative estimate of drug-likeness (QED) is 0.731. The summed E-state index contributed by atoms with van der Waals surface area (Å²) >= 11 is 0. The molecule has 0 bridgehead atoms. The first-order chi connectivity index (χ1) is 8.31. The zero-order chi connectivity index (χ0) is 11.7. The Morgan fingerprint density at radius 2 is 2.41 bits per heavy atom. The Morgan fingerprint density at radius 3 is 3.24 bits per heavy atom. The van der Waals surface area contributed by atoms with Gasteiger partial charge in [-0.15, -0.1) is 5.10 Å². The first-order valence-electron chi connectivity index (χ1n) is 5.47. The summed E-state index contributed by atoms with van der Waals surface area (Å²) in [6, 6.07) is 6.18. The molecule has 17 heavy (non-hydrogen) atoms. The summed E-state index contributed by atoms with van der Waals surface area (Å²) in [6.07, 6.45) is 0.983. The van der Waals surface area contributed by atoms with E-state index < -0.39 is 0 Å². The van der Waals surface area contributed by atoms with Gasteiger partial charge in [0.1, 0.15) is 5.75 Å². The van der Waals surface area contributed by atoms with Crippen LogP contribution in [-0.2, 0) is 13.0 Å². The van der Waals surface area contributed by atoms with Gasteiger partial charge in [-0.25, -0.2) is 5.10 Å². The maximum atomic E-state index is 5.45. The van der Waals surface area contributed by atoms with Crippen LogP contribution in [-0.4, -0.2) is 21.8 Å². The number of benzene rings is 1. The largest absolute Gasteiger partial charge is 0.493 e. The fourth-order valence-corrected chi connectivity index (χ4v) is 1.88. The van der Waals surface area contributed by atoms with E-state index in [9.17, 15) is 0 Å². The van der Waals surface area contributed by atoms with Crippen LogP contribution < -0.4 is 15.8 Å². The van der Waals surface area contributed by atoms with Gasteiger partial charge in [-0.05, 0) is 17.2 Å². The van der Waals surface area contributed by atoms with Crippen molar-refractivity contribution in [2.24, 2.45) is 0 Å². The third-order valence-corrected chi connectivity index (χ3v) is 2.71. The average molecular weight is 231 g/mol. The van der Waals surface area contributed by atoms with Crippen molar-refractivity contribution in [3.05, 3.63) is 29.3 Å². The van der Waals surface area contributed by atoms with E-state index >= 15 is 0 Å². The van der Waals surface area contributed by atoms with Gasteiger partial charge in [-0.3, -0.25) is 0 Å². The summed E-state index contributed by atoms with van der Waals surface area (Å²) in [5.41, 5.74) is 7.88. The van der Waals surface area contributed by atoms with Crippen LogP contribution in [0.3, 0.4) is 0 Å². The van der Waals surface area contributed by atoms with E-state index in [0.29, 0.717) is 18.4 Å². The van der Waals surface area contributed by atoms with Crippen LogP contribution in [0.5, 0.6) is 5.75 Å². The van der Waals surface area contributed by atoms with E-state index in [2.05, 4.69) is 26.6 Å². The highest BCUT2D eigenvalue weighted by molar-refractivity contribution is 5.41. The highest BCUT2D eigenvalue weighted by Crippen LogP contribution is 2.25. The van der Waals surface area contributed by atoms with Crippen molar-refractivity contribution in [2.45, 2.75) is 13.0 Å². The number of hydrogen-bond donors (Lipinski definition) is 3. The molecule has 88 valence electrons. The normalized spacial score (nSPS) is 13.2. The predicted octanol–water partition coefficient (Wildman–Crippen LogP) is 0.934. The van der Waals surface area contributed by atoms with Crippen molar-refractivity contribution in [3.63, 3.8) is 0 Å². The fraction of sp³-hybridized carbons (Fsp3) is 0.273. The Morgan fingerprint density at radius 1 is 1.47 bits per heavy atom. The number of nitrogens with two attached hydrogens (primary N) is 1.